The van der Waals surface area contributed by atoms with Crippen molar-refractivity contribution in [1.29, 1.82) is 0 Å². The quantitative estimate of drug-likeness (QED) is 0.742. The first kappa shape index (κ1) is 17.2. The minimum absolute atomic E-state index is 0.0732. The van der Waals surface area contributed by atoms with Gasteiger partial charge in [0.1, 0.15) is 11.6 Å². The molecule has 0 amide bonds. The molecule has 1 aromatic carbocycles. The zero-order chi connectivity index (χ0) is 16.8. The summed E-state index contributed by atoms with van der Waals surface area (Å²) in [5.41, 5.74) is 2.36. The Morgan fingerprint density at radius 1 is 1.35 bits per heavy atom. The van der Waals surface area contributed by atoms with Gasteiger partial charge >= 0.3 is 0 Å². The van der Waals surface area contributed by atoms with Crippen molar-refractivity contribution in [2.45, 2.75) is 26.2 Å². The molecule has 0 spiro atoms. The molecule has 0 aliphatic rings. The van der Waals surface area contributed by atoms with E-state index in [1.54, 1.807) is 0 Å². The minimum Gasteiger partial charge on any atom is -0.298 e. The summed E-state index contributed by atoms with van der Waals surface area (Å²) in [7, 11) is 0. The van der Waals surface area contributed by atoms with E-state index in [4.69, 9.17) is 18.0 Å². The van der Waals surface area contributed by atoms with Crippen LogP contribution in [0.4, 0.5) is 4.39 Å². The first-order chi connectivity index (χ1) is 11.0. The van der Waals surface area contributed by atoms with Crippen molar-refractivity contribution in [2.24, 2.45) is 5.92 Å². The van der Waals surface area contributed by atoms with E-state index in [1.807, 2.05) is 31.2 Å². The van der Waals surface area contributed by atoms with Crippen LogP contribution in [0, 0.1) is 24.1 Å². The lowest BCUT2D eigenvalue weighted by molar-refractivity contribution is -0.121. The topological polar surface area (TPSA) is 30.0 Å². The van der Waals surface area contributed by atoms with Gasteiger partial charge in [-0.3, -0.25) is 9.78 Å². The fourth-order valence-electron chi connectivity index (χ4n) is 2.30. The van der Waals surface area contributed by atoms with Gasteiger partial charge in [0.2, 0.25) is 0 Å². The van der Waals surface area contributed by atoms with E-state index in [2.05, 4.69) is 10.9 Å². The summed E-state index contributed by atoms with van der Waals surface area (Å²) in [5, 5.41) is 0.284. The zero-order valence-corrected chi connectivity index (χ0v) is 13.6. The predicted octanol–water partition coefficient (Wildman–Crippen LogP) is 4.24. The van der Waals surface area contributed by atoms with Crippen molar-refractivity contribution < 1.29 is 9.18 Å². The van der Waals surface area contributed by atoms with Crippen molar-refractivity contribution in [3.05, 3.63) is 64.2 Å². The first-order valence-electron chi connectivity index (χ1n) is 7.33. The van der Waals surface area contributed by atoms with Crippen molar-refractivity contribution in [2.75, 3.05) is 0 Å². The van der Waals surface area contributed by atoms with Gasteiger partial charge in [0.05, 0.1) is 17.1 Å². The molecule has 0 fully saturated rings. The van der Waals surface area contributed by atoms with E-state index in [0.29, 0.717) is 18.5 Å². The number of aromatic nitrogens is 1. The SMILES string of the molecule is C#CCC(=O)C(C)Cc1ccc(Cc2ncc(Cl)cc2F)cc1. The van der Waals surface area contributed by atoms with Crippen molar-refractivity contribution in [1.82, 2.24) is 4.98 Å². The third-order valence-corrected chi connectivity index (χ3v) is 3.85. The average Bonchev–Trinajstić information content (AvgIpc) is 2.52. The average molecular weight is 330 g/mol. The molecule has 1 aromatic heterocycles. The molecule has 2 rings (SSSR count). The minimum atomic E-state index is -0.407. The lowest BCUT2D eigenvalue weighted by atomic mass is 9.94. The van der Waals surface area contributed by atoms with Gasteiger partial charge in [-0.15, -0.1) is 6.42 Å². The number of carbonyl (C=O) groups excluding carboxylic acids is 1. The highest BCUT2D eigenvalue weighted by atomic mass is 35.5. The third-order valence-electron chi connectivity index (χ3n) is 3.65. The summed E-state index contributed by atoms with van der Waals surface area (Å²) in [4.78, 5) is 15.7. The molecule has 0 aliphatic carbocycles. The molecular weight excluding hydrogens is 313 g/mol. The highest BCUT2D eigenvalue weighted by Crippen LogP contribution is 2.17. The number of rotatable bonds is 6. The molecule has 0 saturated heterocycles. The van der Waals surface area contributed by atoms with Crippen LogP contribution in [0.25, 0.3) is 0 Å². The molecule has 2 aromatic rings. The van der Waals surface area contributed by atoms with E-state index in [1.165, 1.54) is 12.3 Å². The van der Waals surface area contributed by atoms with Gasteiger partial charge in [0.15, 0.2) is 0 Å². The van der Waals surface area contributed by atoms with Crippen LogP contribution in [-0.2, 0) is 17.6 Å². The lowest BCUT2D eigenvalue weighted by Gasteiger charge is -2.09. The predicted molar refractivity (Wildman–Crippen MR) is 89.8 cm³/mol. The normalized spacial score (nSPS) is 11.7. The summed E-state index contributed by atoms with van der Waals surface area (Å²) in [6, 6.07) is 9.00. The van der Waals surface area contributed by atoms with E-state index in [0.717, 1.165) is 11.1 Å². The molecule has 0 saturated carbocycles. The Bertz CT molecular complexity index is 734. The van der Waals surface area contributed by atoms with Crippen molar-refractivity contribution in [3.8, 4) is 12.3 Å². The van der Waals surface area contributed by atoms with Gasteiger partial charge in [-0.25, -0.2) is 4.39 Å². The van der Waals surface area contributed by atoms with Crippen LogP contribution < -0.4 is 0 Å². The summed E-state index contributed by atoms with van der Waals surface area (Å²) in [5.74, 6) is 1.94. The number of hydrogen-bond acceptors (Lipinski definition) is 2. The van der Waals surface area contributed by atoms with Gasteiger partial charge in [0, 0.05) is 18.5 Å². The molecule has 0 N–H and O–H groups in total. The van der Waals surface area contributed by atoms with Crippen LogP contribution in [0.1, 0.15) is 30.2 Å². The standard InChI is InChI=1S/C19H17ClFNO/c1-3-4-19(23)13(2)9-14-5-7-15(8-6-14)10-18-17(21)11-16(20)12-22-18/h1,5-8,11-13H,4,9-10H2,2H3. The maximum absolute atomic E-state index is 13.7. The number of Topliss-reactive ketones (excluding diaryl/α,β-unsaturated/α-hetero) is 1. The highest BCUT2D eigenvalue weighted by Gasteiger charge is 2.12. The second-order valence-corrected chi connectivity index (χ2v) is 5.96. The number of carbonyl (C=O) groups is 1. The summed E-state index contributed by atoms with van der Waals surface area (Å²) in [6.07, 6.45) is 7.81. The fourth-order valence-corrected chi connectivity index (χ4v) is 2.45. The second-order valence-electron chi connectivity index (χ2n) is 5.53. The summed E-state index contributed by atoms with van der Waals surface area (Å²) >= 11 is 5.69. The second kappa shape index (κ2) is 7.89. The van der Waals surface area contributed by atoms with Gasteiger partial charge < -0.3 is 0 Å². The van der Waals surface area contributed by atoms with Crippen LogP contribution in [0.3, 0.4) is 0 Å². The smallest absolute Gasteiger partial charge is 0.147 e. The molecule has 1 atom stereocenters. The van der Waals surface area contributed by atoms with Crippen LogP contribution in [0.2, 0.25) is 5.02 Å². The van der Waals surface area contributed by atoms with Crippen LogP contribution >= 0.6 is 11.6 Å². The van der Waals surface area contributed by atoms with Gasteiger partial charge in [-0.1, -0.05) is 48.7 Å². The van der Waals surface area contributed by atoms with Crippen LogP contribution in [-0.4, -0.2) is 10.8 Å². The van der Waals surface area contributed by atoms with Gasteiger partial charge in [0.25, 0.3) is 0 Å². The van der Waals surface area contributed by atoms with Crippen LogP contribution in [0.15, 0.2) is 36.5 Å². The number of hydrogen-bond donors (Lipinski definition) is 0. The summed E-state index contributed by atoms with van der Waals surface area (Å²) < 4.78 is 13.7. The number of halogens is 2. The Labute approximate surface area is 140 Å². The molecule has 118 valence electrons. The Hall–Kier alpha value is -2.18. The fraction of sp³-hybridized carbons (Fsp3) is 0.263. The lowest BCUT2D eigenvalue weighted by Crippen LogP contribution is -2.12. The maximum atomic E-state index is 13.7. The largest absolute Gasteiger partial charge is 0.298 e. The van der Waals surface area contributed by atoms with E-state index in [-0.39, 0.29) is 23.1 Å². The Morgan fingerprint density at radius 3 is 2.61 bits per heavy atom. The maximum Gasteiger partial charge on any atom is 0.147 e. The molecular formula is C19H17ClFNO. The molecule has 0 bridgehead atoms. The van der Waals surface area contributed by atoms with E-state index >= 15 is 0 Å². The molecule has 0 aliphatic heterocycles. The Morgan fingerprint density at radius 2 is 2.00 bits per heavy atom. The molecule has 2 nitrogen and oxygen atoms in total. The number of terminal acetylenes is 1. The van der Waals surface area contributed by atoms with E-state index in [9.17, 15) is 9.18 Å². The first-order valence-corrected chi connectivity index (χ1v) is 7.71. The van der Waals surface area contributed by atoms with Gasteiger partial charge in [-0.05, 0) is 23.6 Å². The molecule has 0 radical (unpaired) electrons. The number of ketones is 1. The van der Waals surface area contributed by atoms with Gasteiger partial charge in [-0.2, -0.15) is 0 Å². The number of nitrogens with zero attached hydrogens (tertiary/aromatic N) is 1. The third kappa shape index (κ3) is 4.91. The zero-order valence-electron chi connectivity index (χ0n) is 12.9. The highest BCUT2D eigenvalue weighted by molar-refractivity contribution is 6.30. The number of pyridine rings is 1. The van der Waals surface area contributed by atoms with E-state index < -0.39 is 5.82 Å². The molecule has 1 heterocycles. The monoisotopic (exact) mass is 329 g/mol. The Kier molecular flexibility index (Phi) is 5.90. The number of benzene rings is 1. The molecule has 23 heavy (non-hydrogen) atoms. The van der Waals surface area contributed by atoms with Crippen LogP contribution in [0.5, 0.6) is 0 Å². The molecule has 1 unspecified atom stereocenters. The Balaban J connectivity index is 2.02. The molecule has 4 heteroatoms. The summed E-state index contributed by atoms with van der Waals surface area (Å²) in [6.45, 7) is 1.88. The van der Waals surface area contributed by atoms with Crippen molar-refractivity contribution in [3.63, 3.8) is 0 Å². The van der Waals surface area contributed by atoms with Crippen molar-refractivity contribution >= 4 is 17.4 Å².